The lowest BCUT2D eigenvalue weighted by molar-refractivity contribution is 0.819. The zero-order valence-corrected chi connectivity index (χ0v) is 11.7. The van der Waals surface area contributed by atoms with E-state index in [1.54, 1.807) is 11.3 Å². The monoisotopic (exact) mass is 273 g/mol. The topological polar surface area (TPSA) is 69.6 Å². The molecule has 6 heteroatoms. The van der Waals surface area contributed by atoms with Crippen molar-refractivity contribution in [1.29, 1.82) is 0 Å². The average molecular weight is 273 g/mol. The molecule has 0 aliphatic rings. The second-order valence-electron chi connectivity index (χ2n) is 4.49. The lowest BCUT2D eigenvalue weighted by Crippen LogP contribution is -2.05. The molecule has 2 N–H and O–H groups in total. The van der Waals surface area contributed by atoms with Crippen LogP contribution in [0.2, 0.25) is 0 Å². The van der Waals surface area contributed by atoms with Crippen LogP contribution in [0.15, 0.2) is 18.5 Å². The molecule has 0 unspecified atom stereocenters. The summed E-state index contributed by atoms with van der Waals surface area (Å²) in [5, 5.41) is 1.03. The second kappa shape index (κ2) is 4.62. The van der Waals surface area contributed by atoms with Crippen molar-refractivity contribution < 1.29 is 0 Å². The molecule has 3 heterocycles. The summed E-state index contributed by atoms with van der Waals surface area (Å²) in [5.41, 5.74) is 8.72. The van der Waals surface area contributed by atoms with Crippen molar-refractivity contribution in [1.82, 2.24) is 19.5 Å². The summed E-state index contributed by atoms with van der Waals surface area (Å²) in [6, 6.07) is 1.99. The minimum atomic E-state index is 0.487. The zero-order chi connectivity index (χ0) is 13.4. The number of imidazole rings is 1. The molecule has 19 heavy (non-hydrogen) atoms. The van der Waals surface area contributed by atoms with Crippen LogP contribution in [0.25, 0.3) is 11.2 Å². The molecule has 0 spiro atoms. The van der Waals surface area contributed by atoms with Gasteiger partial charge in [-0.15, -0.1) is 11.3 Å². The molecule has 3 aromatic heterocycles. The van der Waals surface area contributed by atoms with E-state index < -0.39 is 0 Å². The third kappa shape index (κ3) is 2.19. The molecule has 0 atom stereocenters. The van der Waals surface area contributed by atoms with E-state index in [9.17, 15) is 0 Å². The Hall–Kier alpha value is -1.95. The molecular formula is C13H15N5S. The van der Waals surface area contributed by atoms with Crippen LogP contribution in [0, 0.1) is 6.92 Å². The number of aryl methyl sites for hydroxylation is 2. The Labute approximate surface area is 115 Å². The van der Waals surface area contributed by atoms with Gasteiger partial charge >= 0.3 is 0 Å². The molecule has 3 aromatic rings. The fourth-order valence-electron chi connectivity index (χ4n) is 2.00. The fraction of sp³-hybridized carbons (Fsp3) is 0.308. The van der Waals surface area contributed by atoms with Gasteiger partial charge < -0.3 is 5.73 Å². The minimum Gasteiger partial charge on any atom is -0.369 e. The van der Waals surface area contributed by atoms with Gasteiger partial charge in [0.05, 0.1) is 6.54 Å². The maximum Gasteiger partial charge on any atom is 0.202 e. The van der Waals surface area contributed by atoms with E-state index in [-0.39, 0.29) is 0 Å². The fourth-order valence-corrected chi connectivity index (χ4v) is 2.86. The highest BCUT2D eigenvalue weighted by Crippen LogP contribution is 2.20. The summed E-state index contributed by atoms with van der Waals surface area (Å²) in [6.45, 7) is 4.75. The molecule has 0 aromatic carbocycles. The van der Waals surface area contributed by atoms with E-state index in [0.717, 1.165) is 28.2 Å². The van der Waals surface area contributed by atoms with Crippen molar-refractivity contribution in [3.05, 3.63) is 33.9 Å². The number of thiazole rings is 1. The van der Waals surface area contributed by atoms with E-state index in [2.05, 4.69) is 21.9 Å². The number of hydrogen-bond donors (Lipinski definition) is 1. The minimum absolute atomic E-state index is 0.487. The summed E-state index contributed by atoms with van der Waals surface area (Å²) in [5.74, 6) is 0.487. The highest BCUT2D eigenvalue weighted by Gasteiger charge is 2.11. The predicted octanol–water partition coefficient (Wildman–Crippen LogP) is 2.39. The average Bonchev–Trinajstić information content (AvgIpc) is 2.95. The van der Waals surface area contributed by atoms with Gasteiger partial charge in [0, 0.05) is 17.3 Å². The van der Waals surface area contributed by atoms with Gasteiger partial charge in [0.25, 0.3) is 0 Å². The lowest BCUT2D eigenvalue weighted by atomic mass is 10.3. The van der Waals surface area contributed by atoms with E-state index >= 15 is 0 Å². The van der Waals surface area contributed by atoms with Gasteiger partial charge in [0.1, 0.15) is 10.5 Å². The van der Waals surface area contributed by atoms with Crippen LogP contribution in [0.1, 0.15) is 22.4 Å². The molecule has 5 nitrogen and oxygen atoms in total. The van der Waals surface area contributed by atoms with Gasteiger partial charge in [-0.05, 0) is 25.0 Å². The van der Waals surface area contributed by atoms with E-state index in [4.69, 9.17) is 5.73 Å². The number of nitrogens with two attached hydrogens (primary N) is 1. The van der Waals surface area contributed by atoms with Gasteiger partial charge in [-0.1, -0.05) is 6.92 Å². The van der Waals surface area contributed by atoms with Gasteiger partial charge in [0.15, 0.2) is 5.65 Å². The van der Waals surface area contributed by atoms with Crippen molar-refractivity contribution in [2.75, 3.05) is 5.73 Å². The summed E-state index contributed by atoms with van der Waals surface area (Å²) < 4.78 is 1.91. The van der Waals surface area contributed by atoms with Crippen LogP contribution < -0.4 is 5.73 Å². The normalized spacial score (nSPS) is 11.3. The molecule has 0 saturated heterocycles. The number of fused-ring (bicyclic) bond motifs is 1. The first-order valence-corrected chi connectivity index (χ1v) is 7.01. The number of pyridine rings is 1. The molecule has 0 amide bonds. The maximum absolute atomic E-state index is 5.98. The van der Waals surface area contributed by atoms with Crippen molar-refractivity contribution in [2.24, 2.45) is 0 Å². The second-order valence-corrected chi connectivity index (χ2v) is 5.69. The Bertz CT molecular complexity index is 728. The number of nitrogen functional groups attached to an aromatic ring is 1. The number of aromatic nitrogens is 4. The Morgan fingerprint density at radius 1 is 1.32 bits per heavy atom. The van der Waals surface area contributed by atoms with Crippen molar-refractivity contribution >= 4 is 28.4 Å². The number of nitrogens with zero attached hydrogens (tertiary/aromatic N) is 4. The van der Waals surface area contributed by atoms with E-state index in [1.807, 2.05) is 30.0 Å². The van der Waals surface area contributed by atoms with Crippen LogP contribution in [-0.4, -0.2) is 19.5 Å². The highest BCUT2D eigenvalue weighted by molar-refractivity contribution is 7.11. The smallest absolute Gasteiger partial charge is 0.202 e. The summed E-state index contributed by atoms with van der Waals surface area (Å²) in [6.07, 6.45) is 4.77. The Kier molecular flexibility index (Phi) is 2.94. The molecule has 0 aliphatic heterocycles. The molecule has 0 fully saturated rings. The number of hydrogen-bond acceptors (Lipinski definition) is 5. The molecule has 0 bridgehead atoms. The first-order valence-electron chi connectivity index (χ1n) is 6.19. The van der Waals surface area contributed by atoms with Crippen LogP contribution in [0.4, 0.5) is 5.95 Å². The zero-order valence-electron chi connectivity index (χ0n) is 10.9. The maximum atomic E-state index is 5.98. The van der Waals surface area contributed by atoms with E-state index in [1.165, 1.54) is 4.88 Å². The van der Waals surface area contributed by atoms with Crippen molar-refractivity contribution in [3.8, 4) is 0 Å². The highest BCUT2D eigenvalue weighted by atomic mass is 32.1. The molecule has 3 rings (SSSR count). The molecule has 98 valence electrons. The van der Waals surface area contributed by atoms with Crippen molar-refractivity contribution in [3.63, 3.8) is 0 Å². The molecule has 0 aliphatic carbocycles. The standard InChI is InChI=1S/C13H15N5S/c1-3-9-6-15-11(19-9)7-18-12-10(17-13(18)14)4-8(2)5-16-12/h4-6H,3,7H2,1-2H3,(H2,14,17). The quantitative estimate of drug-likeness (QED) is 0.795. The van der Waals surface area contributed by atoms with Crippen molar-refractivity contribution in [2.45, 2.75) is 26.8 Å². The molecule has 0 radical (unpaired) electrons. The van der Waals surface area contributed by atoms with Gasteiger partial charge in [-0.25, -0.2) is 15.0 Å². The largest absolute Gasteiger partial charge is 0.369 e. The Balaban J connectivity index is 2.02. The number of rotatable bonds is 3. The molecular weight excluding hydrogens is 258 g/mol. The predicted molar refractivity (Wildman–Crippen MR) is 77.3 cm³/mol. The van der Waals surface area contributed by atoms with Crippen LogP contribution in [-0.2, 0) is 13.0 Å². The lowest BCUT2D eigenvalue weighted by Gasteiger charge is -2.02. The Morgan fingerprint density at radius 2 is 2.16 bits per heavy atom. The third-order valence-electron chi connectivity index (χ3n) is 2.99. The summed E-state index contributed by atoms with van der Waals surface area (Å²) in [4.78, 5) is 14.5. The van der Waals surface area contributed by atoms with Gasteiger partial charge in [-0.3, -0.25) is 4.57 Å². The van der Waals surface area contributed by atoms with Crippen LogP contribution in [0.3, 0.4) is 0 Å². The summed E-state index contributed by atoms with van der Waals surface area (Å²) >= 11 is 1.71. The third-order valence-corrected chi connectivity index (χ3v) is 4.12. The van der Waals surface area contributed by atoms with Crippen LogP contribution in [0.5, 0.6) is 0 Å². The van der Waals surface area contributed by atoms with Crippen LogP contribution >= 0.6 is 11.3 Å². The summed E-state index contributed by atoms with van der Waals surface area (Å²) in [7, 11) is 0. The van der Waals surface area contributed by atoms with Gasteiger partial charge in [-0.2, -0.15) is 0 Å². The number of anilines is 1. The Morgan fingerprint density at radius 3 is 2.89 bits per heavy atom. The molecule has 0 saturated carbocycles. The van der Waals surface area contributed by atoms with E-state index in [0.29, 0.717) is 12.5 Å². The van der Waals surface area contributed by atoms with Gasteiger partial charge in [0.2, 0.25) is 5.95 Å². The SMILES string of the molecule is CCc1cnc(Cn2c(N)nc3cc(C)cnc32)s1. The first kappa shape index (κ1) is 12.1. The first-order chi connectivity index (χ1) is 9.17.